The molecule has 2 aromatic carbocycles. The van der Waals surface area contributed by atoms with Crippen LogP contribution < -0.4 is 5.56 Å². The van der Waals surface area contributed by atoms with Gasteiger partial charge in [0.1, 0.15) is 11.6 Å². The van der Waals surface area contributed by atoms with E-state index in [2.05, 4.69) is 9.88 Å². The third-order valence-corrected chi connectivity index (χ3v) is 7.54. The highest BCUT2D eigenvalue weighted by Crippen LogP contribution is 2.24. The van der Waals surface area contributed by atoms with Gasteiger partial charge >= 0.3 is 0 Å². The number of sulfonamides is 1. The molecule has 1 unspecified atom stereocenters. The van der Waals surface area contributed by atoms with Gasteiger partial charge in [0.05, 0.1) is 21.8 Å². The summed E-state index contributed by atoms with van der Waals surface area (Å²) in [5.41, 5.74) is 0.546. The maximum absolute atomic E-state index is 13.5. The zero-order valence-corrected chi connectivity index (χ0v) is 17.6. The largest absolute Gasteiger partial charge is 0.298 e. The van der Waals surface area contributed by atoms with Crippen molar-refractivity contribution in [2.24, 2.45) is 7.05 Å². The van der Waals surface area contributed by atoms with E-state index < -0.39 is 15.8 Å². The van der Waals surface area contributed by atoms with Gasteiger partial charge < -0.3 is 0 Å². The molecule has 1 aliphatic rings. The standard InChI is InChI=1S/C21H23FN4O3S/c1-15(20-23-19-9-4-3-8-18(19)21(27)24(20)2)25-10-12-26(13-11-25)30(28,29)17-7-5-6-16(22)14-17/h3-9,14-15H,10-13H2,1-2H3. The lowest BCUT2D eigenvalue weighted by atomic mass is 10.2. The van der Waals surface area contributed by atoms with Gasteiger partial charge in [0.25, 0.3) is 5.56 Å². The van der Waals surface area contributed by atoms with Crippen LogP contribution in [0.4, 0.5) is 4.39 Å². The Hall–Kier alpha value is -2.62. The summed E-state index contributed by atoms with van der Waals surface area (Å²) in [5, 5.41) is 0.571. The van der Waals surface area contributed by atoms with Gasteiger partial charge in [-0.05, 0) is 37.3 Å². The molecule has 0 radical (unpaired) electrons. The van der Waals surface area contributed by atoms with Crippen molar-refractivity contribution in [3.8, 4) is 0 Å². The number of aromatic nitrogens is 2. The highest BCUT2D eigenvalue weighted by atomic mass is 32.2. The first kappa shape index (κ1) is 20.6. The normalized spacial score (nSPS) is 17.3. The second-order valence-electron chi connectivity index (χ2n) is 7.42. The minimum atomic E-state index is -3.75. The molecule has 4 rings (SSSR count). The van der Waals surface area contributed by atoms with Crippen molar-refractivity contribution in [2.75, 3.05) is 26.2 Å². The number of fused-ring (bicyclic) bond motifs is 1. The number of piperazine rings is 1. The average molecular weight is 431 g/mol. The predicted octanol–water partition coefficient (Wildman–Crippen LogP) is 2.14. The molecule has 0 spiro atoms. The summed E-state index contributed by atoms with van der Waals surface area (Å²) >= 11 is 0. The van der Waals surface area contributed by atoms with E-state index in [4.69, 9.17) is 0 Å². The fourth-order valence-corrected chi connectivity index (χ4v) is 5.33. The molecule has 9 heteroatoms. The first-order chi connectivity index (χ1) is 14.3. The van der Waals surface area contributed by atoms with Crippen LogP contribution >= 0.6 is 0 Å². The Morgan fingerprint density at radius 1 is 1.03 bits per heavy atom. The van der Waals surface area contributed by atoms with Crippen molar-refractivity contribution in [3.05, 3.63) is 70.5 Å². The lowest BCUT2D eigenvalue weighted by Gasteiger charge is -2.37. The molecule has 158 valence electrons. The van der Waals surface area contributed by atoms with E-state index in [1.54, 1.807) is 17.7 Å². The van der Waals surface area contributed by atoms with Gasteiger partial charge in [0.2, 0.25) is 10.0 Å². The summed E-state index contributed by atoms with van der Waals surface area (Å²) in [6.07, 6.45) is 0. The van der Waals surface area contributed by atoms with Gasteiger partial charge in [-0.3, -0.25) is 14.3 Å². The molecule has 0 saturated carbocycles. The van der Waals surface area contributed by atoms with E-state index in [9.17, 15) is 17.6 Å². The fourth-order valence-electron chi connectivity index (χ4n) is 3.88. The molecule has 0 aliphatic carbocycles. The molecule has 1 atom stereocenters. The first-order valence-electron chi connectivity index (χ1n) is 9.74. The molecule has 1 fully saturated rings. The Morgan fingerprint density at radius 2 is 1.73 bits per heavy atom. The quantitative estimate of drug-likeness (QED) is 0.634. The Morgan fingerprint density at radius 3 is 2.43 bits per heavy atom. The summed E-state index contributed by atoms with van der Waals surface area (Å²) in [6.45, 7) is 3.50. The highest BCUT2D eigenvalue weighted by Gasteiger charge is 2.31. The van der Waals surface area contributed by atoms with Crippen LogP contribution in [0.2, 0.25) is 0 Å². The molecule has 1 aliphatic heterocycles. The summed E-state index contributed by atoms with van der Waals surface area (Å²) < 4.78 is 42.0. The van der Waals surface area contributed by atoms with E-state index in [1.807, 2.05) is 25.1 Å². The van der Waals surface area contributed by atoms with Gasteiger partial charge in [-0.1, -0.05) is 18.2 Å². The maximum Gasteiger partial charge on any atom is 0.261 e. The van der Waals surface area contributed by atoms with Crippen molar-refractivity contribution in [1.29, 1.82) is 0 Å². The number of halogens is 1. The van der Waals surface area contributed by atoms with Crippen LogP contribution in [-0.2, 0) is 17.1 Å². The van der Waals surface area contributed by atoms with E-state index in [0.29, 0.717) is 29.8 Å². The van der Waals surface area contributed by atoms with E-state index in [0.717, 1.165) is 6.07 Å². The third kappa shape index (κ3) is 3.64. The summed E-state index contributed by atoms with van der Waals surface area (Å²) in [6, 6.07) is 12.1. The first-order valence-corrected chi connectivity index (χ1v) is 11.2. The van der Waals surface area contributed by atoms with Gasteiger partial charge in [-0.15, -0.1) is 0 Å². The number of hydrogen-bond acceptors (Lipinski definition) is 5. The number of para-hydroxylation sites is 1. The van der Waals surface area contributed by atoms with Crippen LogP contribution in [0.15, 0.2) is 58.2 Å². The van der Waals surface area contributed by atoms with E-state index in [-0.39, 0.29) is 29.6 Å². The van der Waals surface area contributed by atoms with Crippen molar-refractivity contribution in [2.45, 2.75) is 17.9 Å². The van der Waals surface area contributed by atoms with Crippen LogP contribution in [0.3, 0.4) is 0 Å². The van der Waals surface area contributed by atoms with Crippen LogP contribution in [-0.4, -0.2) is 53.4 Å². The summed E-state index contributed by atoms with van der Waals surface area (Å²) in [7, 11) is -2.04. The Balaban J connectivity index is 1.54. The number of hydrogen-bond donors (Lipinski definition) is 0. The van der Waals surface area contributed by atoms with Crippen LogP contribution in [0, 0.1) is 5.82 Å². The minimum absolute atomic E-state index is 0.0393. The molecule has 30 heavy (non-hydrogen) atoms. The SMILES string of the molecule is CC(c1nc2ccccc2c(=O)n1C)N1CCN(S(=O)(=O)c2cccc(F)c2)CC1. The molecule has 2 heterocycles. The second-order valence-corrected chi connectivity index (χ2v) is 9.36. The molecule has 7 nitrogen and oxygen atoms in total. The van der Waals surface area contributed by atoms with Crippen LogP contribution in [0.1, 0.15) is 18.8 Å². The number of nitrogens with zero attached hydrogens (tertiary/aromatic N) is 4. The van der Waals surface area contributed by atoms with E-state index in [1.165, 1.54) is 22.5 Å². The lowest BCUT2D eigenvalue weighted by molar-refractivity contribution is 0.139. The van der Waals surface area contributed by atoms with Gasteiger partial charge in [-0.2, -0.15) is 4.31 Å². The van der Waals surface area contributed by atoms with Crippen molar-refractivity contribution in [3.63, 3.8) is 0 Å². The van der Waals surface area contributed by atoms with Crippen LogP contribution in [0.5, 0.6) is 0 Å². The summed E-state index contributed by atoms with van der Waals surface area (Å²) in [4.78, 5) is 19.4. The van der Waals surface area contributed by atoms with Crippen molar-refractivity contribution < 1.29 is 12.8 Å². The molecule has 0 bridgehead atoms. The van der Waals surface area contributed by atoms with Gasteiger partial charge in [-0.25, -0.2) is 17.8 Å². The molecular weight excluding hydrogens is 407 g/mol. The van der Waals surface area contributed by atoms with Crippen LogP contribution in [0.25, 0.3) is 10.9 Å². The second kappa shape index (κ2) is 7.90. The zero-order valence-electron chi connectivity index (χ0n) is 16.8. The Bertz CT molecular complexity index is 1250. The highest BCUT2D eigenvalue weighted by molar-refractivity contribution is 7.89. The van der Waals surface area contributed by atoms with Crippen molar-refractivity contribution in [1.82, 2.24) is 18.8 Å². The smallest absolute Gasteiger partial charge is 0.261 e. The lowest BCUT2D eigenvalue weighted by Crippen LogP contribution is -2.49. The molecule has 1 saturated heterocycles. The average Bonchev–Trinajstić information content (AvgIpc) is 2.76. The Kier molecular flexibility index (Phi) is 5.44. The molecular formula is C21H23FN4O3S. The van der Waals surface area contributed by atoms with E-state index >= 15 is 0 Å². The minimum Gasteiger partial charge on any atom is -0.298 e. The molecule has 0 amide bonds. The third-order valence-electron chi connectivity index (χ3n) is 5.65. The maximum atomic E-state index is 13.5. The predicted molar refractivity (Wildman–Crippen MR) is 112 cm³/mol. The molecule has 1 aromatic heterocycles. The number of rotatable bonds is 4. The number of benzene rings is 2. The topological polar surface area (TPSA) is 75.5 Å². The van der Waals surface area contributed by atoms with Gasteiger partial charge in [0.15, 0.2) is 0 Å². The summed E-state index contributed by atoms with van der Waals surface area (Å²) in [5.74, 6) is 0.0618. The zero-order chi connectivity index (χ0) is 21.5. The van der Waals surface area contributed by atoms with Gasteiger partial charge in [0, 0.05) is 33.2 Å². The Labute approximate surface area is 174 Å². The van der Waals surface area contributed by atoms with Crippen molar-refractivity contribution >= 4 is 20.9 Å². The monoisotopic (exact) mass is 430 g/mol. The fraction of sp³-hybridized carbons (Fsp3) is 0.333. The molecule has 3 aromatic rings. The molecule has 0 N–H and O–H groups in total.